The Morgan fingerprint density at radius 3 is 2.40 bits per heavy atom. The van der Waals surface area contributed by atoms with Crippen molar-refractivity contribution in [2.75, 3.05) is 14.2 Å². The molecular formula is C16H14N2O2. The Labute approximate surface area is 117 Å². The monoisotopic (exact) mass is 266 g/mol. The van der Waals surface area contributed by atoms with E-state index in [0.717, 1.165) is 27.8 Å². The predicted octanol–water partition coefficient (Wildman–Crippen LogP) is 3.31. The molecule has 0 radical (unpaired) electrons. The van der Waals surface area contributed by atoms with Gasteiger partial charge in [-0.25, -0.2) is 4.98 Å². The Balaban J connectivity index is 2.32. The third kappa shape index (κ3) is 1.95. The summed E-state index contributed by atoms with van der Waals surface area (Å²) in [5, 5.41) is 1.01. The zero-order valence-corrected chi connectivity index (χ0v) is 11.3. The molecule has 0 saturated heterocycles. The van der Waals surface area contributed by atoms with Crippen molar-refractivity contribution >= 4 is 10.9 Å². The van der Waals surface area contributed by atoms with E-state index >= 15 is 0 Å². The first-order valence-corrected chi connectivity index (χ1v) is 6.26. The van der Waals surface area contributed by atoms with Gasteiger partial charge in [0, 0.05) is 23.3 Å². The molecule has 0 fully saturated rings. The predicted molar refractivity (Wildman–Crippen MR) is 78.1 cm³/mol. The van der Waals surface area contributed by atoms with E-state index in [0.29, 0.717) is 5.88 Å². The highest BCUT2D eigenvalue weighted by atomic mass is 16.5. The minimum absolute atomic E-state index is 0.600. The van der Waals surface area contributed by atoms with Gasteiger partial charge in [-0.2, -0.15) is 0 Å². The second-order valence-electron chi connectivity index (χ2n) is 4.28. The summed E-state index contributed by atoms with van der Waals surface area (Å²) >= 11 is 0. The van der Waals surface area contributed by atoms with Crippen LogP contribution in [0.5, 0.6) is 11.6 Å². The van der Waals surface area contributed by atoms with Gasteiger partial charge in [-0.05, 0) is 35.9 Å². The molecule has 2 heterocycles. The van der Waals surface area contributed by atoms with Crippen molar-refractivity contribution in [3.05, 3.63) is 48.8 Å². The summed E-state index contributed by atoms with van der Waals surface area (Å²) in [4.78, 5) is 8.66. The fourth-order valence-corrected chi connectivity index (χ4v) is 2.30. The molecule has 0 aliphatic carbocycles. The lowest BCUT2D eigenvalue weighted by atomic mass is 10.0. The van der Waals surface area contributed by atoms with Gasteiger partial charge in [0.2, 0.25) is 5.88 Å². The Kier molecular flexibility index (Phi) is 3.21. The topological polar surface area (TPSA) is 44.2 Å². The Hall–Kier alpha value is -2.62. The number of benzene rings is 1. The number of ether oxygens (including phenoxy) is 2. The zero-order valence-electron chi connectivity index (χ0n) is 11.3. The standard InChI is InChI=1S/C16H14N2O2/c1-19-14-8-7-11(12-5-3-9-17-15(12)14)13-6-4-10-18-16(13)20-2/h3-10H,1-2H3. The molecule has 4 nitrogen and oxygen atoms in total. The molecule has 0 saturated carbocycles. The minimum atomic E-state index is 0.600. The second-order valence-corrected chi connectivity index (χ2v) is 4.28. The molecule has 20 heavy (non-hydrogen) atoms. The van der Waals surface area contributed by atoms with E-state index < -0.39 is 0 Å². The summed E-state index contributed by atoms with van der Waals surface area (Å²) in [6.45, 7) is 0. The highest BCUT2D eigenvalue weighted by molar-refractivity contribution is 5.98. The summed E-state index contributed by atoms with van der Waals surface area (Å²) in [6, 6.07) is 11.7. The average molecular weight is 266 g/mol. The fourth-order valence-electron chi connectivity index (χ4n) is 2.30. The van der Waals surface area contributed by atoms with E-state index in [4.69, 9.17) is 9.47 Å². The number of aromatic nitrogens is 2. The number of pyridine rings is 2. The van der Waals surface area contributed by atoms with Gasteiger partial charge < -0.3 is 9.47 Å². The van der Waals surface area contributed by atoms with Crippen LogP contribution in [-0.2, 0) is 0 Å². The van der Waals surface area contributed by atoms with Crippen molar-refractivity contribution in [1.82, 2.24) is 9.97 Å². The SMILES string of the molecule is COc1ncccc1-c1ccc(OC)c2ncccc12. The molecule has 0 aliphatic rings. The number of rotatable bonds is 3. The normalized spacial score (nSPS) is 10.5. The summed E-state index contributed by atoms with van der Waals surface area (Å²) in [5.41, 5.74) is 2.80. The average Bonchev–Trinajstić information content (AvgIpc) is 2.53. The van der Waals surface area contributed by atoms with Crippen LogP contribution in [0.2, 0.25) is 0 Å². The number of nitrogens with zero attached hydrogens (tertiary/aromatic N) is 2. The van der Waals surface area contributed by atoms with Crippen LogP contribution in [0, 0.1) is 0 Å². The van der Waals surface area contributed by atoms with Crippen LogP contribution in [0.3, 0.4) is 0 Å². The van der Waals surface area contributed by atoms with Crippen LogP contribution in [0.25, 0.3) is 22.0 Å². The van der Waals surface area contributed by atoms with E-state index in [9.17, 15) is 0 Å². The van der Waals surface area contributed by atoms with Gasteiger partial charge >= 0.3 is 0 Å². The minimum Gasteiger partial charge on any atom is -0.494 e. The van der Waals surface area contributed by atoms with E-state index in [1.807, 2.05) is 36.4 Å². The molecule has 100 valence electrons. The lowest BCUT2D eigenvalue weighted by molar-refractivity contribution is 0.399. The van der Waals surface area contributed by atoms with Gasteiger partial charge in [-0.15, -0.1) is 0 Å². The summed E-state index contributed by atoms with van der Waals surface area (Å²) in [6.07, 6.45) is 3.47. The van der Waals surface area contributed by atoms with Crippen LogP contribution >= 0.6 is 0 Å². The van der Waals surface area contributed by atoms with Gasteiger partial charge in [0.15, 0.2) is 0 Å². The maximum Gasteiger partial charge on any atom is 0.221 e. The molecular weight excluding hydrogens is 252 g/mol. The molecule has 0 spiro atoms. The van der Waals surface area contributed by atoms with Crippen molar-refractivity contribution in [3.8, 4) is 22.8 Å². The zero-order chi connectivity index (χ0) is 13.9. The van der Waals surface area contributed by atoms with Crippen molar-refractivity contribution in [1.29, 1.82) is 0 Å². The molecule has 0 atom stereocenters. The van der Waals surface area contributed by atoms with Gasteiger partial charge in [-0.1, -0.05) is 6.07 Å². The first-order valence-electron chi connectivity index (χ1n) is 6.26. The first-order chi connectivity index (χ1) is 9.85. The molecule has 0 aliphatic heterocycles. The first kappa shape index (κ1) is 12.4. The molecule has 4 heteroatoms. The van der Waals surface area contributed by atoms with Crippen molar-refractivity contribution in [2.45, 2.75) is 0 Å². The molecule has 3 aromatic rings. The molecule has 0 N–H and O–H groups in total. The molecule has 1 aromatic carbocycles. The van der Waals surface area contributed by atoms with Gasteiger partial charge in [-0.3, -0.25) is 4.98 Å². The Bertz CT molecular complexity index is 756. The maximum atomic E-state index is 5.37. The van der Waals surface area contributed by atoms with Crippen LogP contribution in [0.1, 0.15) is 0 Å². The number of hydrogen-bond acceptors (Lipinski definition) is 4. The third-order valence-electron chi connectivity index (χ3n) is 3.21. The lowest BCUT2D eigenvalue weighted by Gasteiger charge is -2.11. The fraction of sp³-hybridized carbons (Fsp3) is 0.125. The Morgan fingerprint density at radius 2 is 1.60 bits per heavy atom. The van der Waals surface area contributed by atoms with Crippen LogP contribution in [0.4, 0.5) is 0 Å². The van der Waals surface area contributed by atoms with Crippen LogP contribution in [-0.4, -0.2) is 24.2 Å². The number of methoxy groups -OCH3 is 2. The van der Waals surface area contributed by atoms with Crippen molar-refractivity contribution in [3.63, 3.8) is 0 Å². The summed E-state index contributed by atoms with van der Waals surface area (Å²) in [7, 11) is 3.27. The van der Waals surface area contributed by atoms with Crippen LogP contribution < -0.4 is 9.47 Å². The van der Waals surface area contributed by atoms with Gasteiger partial charge in [0.05, 0.1) is 14.2 Å². The van der Waals surface area contributed by atoms with E-state index in [1.54, 1.807) is 26.6 Å². The highest BCUT2D eigenvalue weighted by Crippen LogP contribution is 2.36. The van der Waals surface area contributed by atoms with Crippen LogP contribution in [0.15, 0.2) is 48.8 Å². The molecule has 0 unspecified atom stereocenters. The van der Waals surface area contributed by atoms with Crippen molar-refractivity contribution in [2.24, 2.45) is 0 Å². The largest absolute Gasteiger partial charge is 0.494 e. The highest BCUT2D eigenvalue weighted by Gasteiger charge is 2.12. The van der Waals surface area contributed by atoms with E-state index in [2.05, 4.69) is 9.97 Å². The van der Waals surface area contributed by atoms with Gasteiger partial charge in [0.1, 0.15) is 11.3 Å². The smallest absolute Gasteiger partial charge is 0.221 e. The quantitative estimate of drug-likeness (QED) is 0.729. The maximum absolute atomic E-state index is 5.37. The third-order valence-corrected chi connectivity index (χ3v) is 3.21. The second kappa shape index (κ2) is 5.17. The number of fused-ring (bicyclic) bond motifs is 1. The molecule has 0 amide bonds. The Morgan fingerprint density at radius 1 is 0.800 bits per heavy atom. The molecule has 3 rings (SSSR count). The van der Waals surface area contributed by atoms with E-state index in [-0.39, 0.29) is 0 Å². The lowest BCUT2D eigenvalue weighted by Crippen LogP contribution is -1.93. The number of hydrogen-bond donors (Lipinski definition) is 0. The molecule has 0 bridgehead atoms. The van der Waals surface area contributed by atoms with Crippen molar-refractivity contribution < 1.29 is 9.47 Å². The van der Waals surface area contributed by atoms with Gasteiger partial charge in [0.25, 0.3) is 0 Å². The summed E-state index contributed by atoms with van der Waals surface area (Å²) in [5.74, 6) is 1.36. The summed E-state index contributed by atoms with van der Waals surface area (Å²) < 4.78 is 10.7. The van der Waals surface area contributed by atoms with E-state index in [1.165, 1.54) is 0 Å². The molecule has 2 aromatic heterocycles.